The van der Waals surface area contributed by atoms with Crippen LogP contribution in [0.3, 0.4) is 0 Å². The molecule has 1 saturated heterocycles. The van der Waals surface area contributed by atoms with Gasteiger partial charge in [0.05, 0.1) is 35.4 Å². The molecule has 0 radical (unpaired) electrons. The lowest BCUT2D eigenvalue weighted by atomic mass is 10.0. The second-order valence-corrected chi connectivity index (χ2v) is 7.77. The molecule has 3 atom stereocenters. The number of amides is 1. The van der Waals surface area contributed by atoms with Gasteiger partial charge in [-0.15, -0.1) is 0 Å². The zero-order valence-corrected chi connectivity index (χ0v) is 16.2. The number of likely N-dealkylation sites (tertiary alicyclic amines) is 1. The molecular weight excluding hydrogens is 364 g/mol. The first-order chi connectivity index (χ1) is 14.2. The Morgan fingerprint density at radius 1 is 1.03 bits per heavy atom. The summed E-state index contributed by atoms with van der Waals surface area (Å²) in [6.45, 7) is 2.71. The van der Waals surface area contributed by atoms with Gasteiger partial charge in [0, 0.05) is 25.0 Å². The molecule has 3 unspecified atom stereocenters. The van der Waals surface area contributed by atoms with Crippen molar-refractivity contribution in [1.82, 2.24) is 24.8 Å². The van der Waals surface area contributed by atoms with Crippen molar-refractivity contribution < 1.29 is 4.79 Å². The SMILES string of the molecule is Cc1cnc(NC2CC3CC2N(C(=O)c2cccnc2-c2ccccn2)C3)cn1. The smallest absolute Gasteiger partial charge is 0.256 e. The van der Waals surface area contributed by atoms with E-state index in [4.69, 9.17) is 0 Å². The van der Waals surface area contributed by atoms with Crippen LogP contribution >= 0.6 is 0 Å². The van der Waals surface area contributed by atoms with Crippen LogP contribution in [0.5, 0.6) is 0 Å². The third-order valence-corrected chi connectivity index (χ3v) is 5.80. The van der Waals surface area contributed by atoms with Gasteiger partial charge in [-0.1, -0.05) is 6.07 Å². The Kier molecular flexibility index (Phi) is 4.42. The summed E-state index contributed by atoms with van der Waals surface area (Å²) in [5.41, 5.74) is 2.84. The minimum atomic E-state index is 0.0211. The Morgan fingerprint density at radius 3 is 2.69 bits per heavy atom. The zero-order valence-electron chi connectivity index (χ0n) is 16.2. The molecule has 1 saturated carbocycles. The van der Waals surface area contributed by atoms with E-state index in [0.717, 1.165) is 30.9 Å². The molecule has 7 heteroatoms. The quantitative estimate of drug-likeness (QED) is 0.742. The topological polar surface area (TPSA) is 83.9 Å². The molecule has 29 heavy (non-hydrogen) atoms. The van der Waals surface area contributed by atoms with Crippen molar-refractivity contribution in [3.05, 3.63) is 66.4 Å². The number of aryl methyl sites for hydroxylation is 1. The summed E-state index contributed by atoms with van der Waals surface area (Å²) in [6.07, 6.45) is 9.00. The van der Waals surface area contributed by atoms with Crippen LogP contribution in [0.1, 0.15) is 28.9 Å². The summed E-state index contributed by atoms with van der Waals surface area (Å²) >= 11 is 0. The van der Waals surface area contributed by atoms with Crippen molar-refractivity contribution in [1.29, 1.82) is 0 Å². The van der Waals surface area contributed by atoms with Crippen LogP contribution in [0.4, 0.5) is 5.82 Å². The molecule has 5 rings (SSSR count). The number of hydrogen-bond acceptors (Lipinski definition) is 6. The monoisotopic (exact) mass is 386 g/mol. The van der Waals surface area contributed by atoms with Gasteiger partial charge >= 0.3 is 0 Å². The molecular formula is C22H22N6O. The average molecular weight is 386 g/mol. The molecule has 0 aromatic carbocycles. The predicted octanol–water partition coefficient (Wildman–Crippen LogP) is 2.96. The third-order valence-electron chi connectivity index (χ3n) is 5.80. The number of aromatic nitrogens is 4. The summed E-state index contributed by atoms with van der Waals surface area (Å²) in [7, 11) is 0. The largest absolute Gasteiger partial charge is 0.364 e. The van der Waals surface area contributed by atoms with Crippen molar-refractivity contribution in [3.63, 3.8) is 0 Å². The van der Waals surface area contributed by atoms with E-state index < -0.39 is 0 Å². The number of piperidine rings is 1. The summed E-state index contributed by atoms with van der Waals surface area (Å²) in [5.74, 6) is 1.29. The van der Waals surface area contributed by atoms with Gasteiger partial charge in [0.25, 0.3) is 5.91 Å². The molecule has 1 aliphatic heterocycles. The number of carbonyl (C=O) groups excluding carboxylic acids is 1. The van der Waals surface area contributed by atoms with Crippen molar-refractivity contribution in [2.45, 2.75) is 31.8 Å². The van der Waals surface area contributed by atoms with Gasteiger partial charge in [-0.25, -0.2) is 4.98 Å². The van der Waals surface area contributed by atoms with E-state index in [2.05, 4.69) is 25.3 Å². The summed E-state index contributed by atoms with van der Waals surface area (Å²) in [5, 5.41) is 3.49. The maximum Gasteiger partial charge on any atom is 0.256 e. The van der Waals surface area contributed by atoms with Crippen LogP contribution in [-0.4, -0.2) is 49.4 Å². The van der Waals surface area contributed by atoms with E-state index in [1.807, 2.05) is 42.2 Å². The highest BCUT2D eigenvalue weighted by molar-refractivity contribution is 6.00. The van der Waals surface area contributed by atoms with E-state index in [1.165, 1.54) is 0 Å². The van der Waals surface area contributed by atoms with Crippen LogP contribution in [0.25, 0.3) is 11.4 Å². The van der Waals surface area contributed by atoms with Crippen molar-refractivity contribution in [2.75, 3.05) is 11.9 Å². The molecule has 146 valence electrons. The Bertz CT molecular complexity index is 1020. The Labute approximate surface area is 169 Å². The third kappa shape index (κ3) is 3.33. The van der Waals surface area contributed by atoms with Crippen LogP contribution in [-0.2, 0) is 0 Å². The maximum absolute atomic E-state index is 13.5. The highest BCUT2D eigenvalue weighted by Gasteiger charge is 2.47. The lowest BCUT2D eigenvalue weighted by Crippen LogP contribution is -2.48. The normalized spacial score (nSPS) is 22.7. The first kappa shape index (κ1) is 17.7. The lowest BCUT2D eigenvalue weighted by Gasteiger charge is -2.34. The lowest BCUT2D eigenvalue weighted by molar-refractivity contribution is 0.0692. The van der Waals surface area contributed by atoms with Crippen LogP contribution < -0.4 is 5.32 Å². The van der Waals surface area contributed by atoms with Crippen LogP contribution in [0.2, 0.25) is 0 Å². The number of fused-ring (bicyclic) bond motifs is 2. The molecule has 2 fully saturated rings. The number of anilines is 1. The number of rotatable bonds is 4. The van der Waals surface area contributed by atoms with Gasteiger partial charge in [-0.05, 0) is 49.9 Å². The number of pyridine rings is 2. The van der Waals surface area contributed by atoms with E-state index in [-0.39, 0.29) is 18.0 Å². The van der Waals surface area contributed by atoms with Gasteiger partial charge in [-0.2, -0.15) is 0 Å². The predicted molar refractivity (Wildman–Crippen MR) is 109 cm³/mol. The fraction of sp³-hybridized carbons (Fsp3) is 0.318. The Morgan fingerprint density at radius 2 is 1.93 bits per heavy atom. The van der Waals surface area contributed by atoms with E-state index in [9.17, 15) is 4.79 Å². The molecule has 3 aromatic heterocycles. The Hall–Kier alpha value is -3.35. The maximum atomic E-state index is 13.5. The second kappa shape index (κ2) is 7.24. The first-order valence-electron chi connectivity index (χ1n) is 9.91. The summed E-state index contributed by atoms with van der Waals surface area (Å²) in [6, 6.07) is 9.64. The van der Waals surface area contributed by atoms with Crippen molar-refractivity contribution in [3.8, 4) is 11.4 Å². The number of hydrogen-bond donors (Lipinski definition) is 1. The van der Waals surface area contributed by atoms with Gasteiger partial charge in [0.15, 0.2) is 0 Å². The summed E-state index contributed by atoms with van der Waals surface area (Å²) < 4.78 is 0. The molecule has 4 heterocycles. The van der Waals surface area contributed by atoms with Gasteiger partial charge in [0.2, 0.25) is 0 Å². The van der Waals surface area contributed by atoms with E-state index >= 15 is 0 Å². The summed E-state index contributed by atoms with van der Waals surface area (Å²) in [4.78, 5) is 33.0. The molecule has 2 aliphatic rings. The van der Waals surface area contributed by atoms with Gasteiger partial charge < -0.3 is 10.2 Å². The number of nitrogens with zero attached hydrogens (tertiary/aromatic N) is 5. The van der Waals surface area contributed by atoms with Crippen LogP contribution in [0, 0.1) is 12.8 Å². The molecule has 0 spiro atoms. The van der Waals surface area contributed by atoms with Gasteiger partial charge in [-0.3, -0.25) is 19.7 Å². The molecule has 1 aliphatic carbocycles. The highest BCUT2D eigenvalue weighted by Crippen LogP contribution is 2.40. The van der Waals surface area contributed by atoms with Crippen LogP contribution in [0.15, 0.2) is 55.1 Å². The minimum Gasteiger partial charge on any atom is -0.364 e. The minimum absolute atomic E-state index is 0.0211. The van der Waals surface area contributed by atoms with Crippen molar-refractivity contribution in [2.24, 2.45) is 5.92 Å². The Balaban J connectivity index is 1.39. The van der Waals surface area contributed by atoms with Gasteiger partial charge in [0.1, 0.15) is 11.5 Å². The molecule has 1 amide bonds. The van der Waals surface area contributed by atoms with Crippen molar-refractivity contribution >= 4 is 11.7 Å². The average Bonchev–Trinajstić information content (AvgIpc) is 3.36. The number of nitrogens with one attached hydrogen (secondary N) is 1. The molecule has 2 bridgehead atoms. The molecule has 7 nitrogen and oxygen atoms in total. The first-order valence-corrected chi connectivity index (χ1v) is 9.91. The zero-order chi connectivity index (χ0) is 19.8. The van der Waals surface area contributed by atoms with E-state index in [1.54, 1.807) is 24.8 Å². The van der Waals surface area contributed by atoms with E-state index in [0.29, 0.717) is 22.9 Å². The fourth-order valence-corrected chi connectivity index (χ4v) is 4.51. The molecule has 1 N–H and O–H groups in total. The second-order valence-electron chi connectivity index (χ2n) is 7.77. The highest BCUT2D eigenvalue weighted by atomic mass is 16.2. The number of carbonyl (C=O) groups is 1. The fourth-order valence-electron chi connectivity index (χ4n) is 4.51. The standard InChI is InChI=1S/C22H22N6O/c1-14-11-26-20(12-25-14)27-18-9-15-10-19(18)28(13-15)22(29)16-5-4-8-24-21(16)17-6-2-3-7-23-17/h2-8,11-12,15,18-19H,9-10,13H2,1H3,(H,26,27). The molecule has 3 aromatic rings.